The molecule has 0 unspecified atom stereocenters. The summed E-state index contributed by atoms with van der Waals surface area (Å²) < 4.78 is 30.0. The molecule has 0 bridgehead atoms. The summed E-state index contributed by atoms with van der Waals surface area (Å²) in [7, 11) is -3.65. The molecule has 0 spiro atoms. The van der Waals surface area contributed by atoms with E-state index in [0.29, 0.717) is 17.3 Å². The van der Waals surface area contributed by atoms with Crippen LogP contribution in [0.4, 0.5) is 5.82 Å². The normalized spacial score (nSPS) is 11.7. The number of hydrogen-bond donors (Lipinski definition) is 1. The molecule has 0 atom stereocenters. The van der Waals surface area contributed by atoms with Gasteiger partial charge in [-0.25, -0.2) is 13.1 Å². The minimum atomic E-state index is -3.65. The second-order valence-electron chi connectivity index (χ2n) is 5.59. The van der Waals surface area contributed by atoms with Gasteiger partial charge in [0.25, 0.3) is 10.0 Å². The Balaban J connectivity index is 2.60. The maximum atomic E-state index is 12.9. The Morgan fingerprint density at radius 1 is 1.00 bits per heavy atom. The molecule has 0 saturated heterocycles. The van der Waals surface area contributed by atoms with Crippen molar-refractivity contribution in [1.82, 2.24) is 9.78 Å². The van der Waals surface area contributed by atoms with Crippen molar-refractivity contribution in [3.63, 3.8) is 0 Å². The van der Waals surface area contributed by atoms with Crippen LogP contribution in [-0.2, 0) is 16.6 Å². The van der Waals surface area contributed by atoms with E-state index in [1.165, 1.54) is 0 Å². The predicted molar refractivity (Wildman–Crippen MR) is 88.8 cm³/mol. The first-order chi connectivity index (χ1) is 10.2. The highest BCUT2D eigenvalue weighted by Gasteiger charge is 2.24. The highest BCUT2D eigenvalue weighted by Crippen LogP contribution is 2.30. The number of nitrogens with zero attached hydrogens (tertiary/aromatic N) is 2. The maximum absolute atomic E-state index is 12.9. The summed E-state index contributed by atoms with van der Waals surface area (Å²) in [6.07, 6.45) is 1.59. The van der Waals surface area contributed by atoms with Crippen molar-refractivity contribution in [2.75, 3.05) is 4.72 Å². The lowest BCUT2D eigenvalue weighted by Crippen LogP contribution is -2.19. The van der Waals surface area contributed by atoms with Gasteiger partial charge in [-0.1, -0.05) is 0 Å². The van der Waals surface area contributed by atoms with E-state index in [2.05, 4.69) is 9.82 Å². The van der Waals surface area contributed by atoms with Crippen molar-refractivity contribution < 1.29 is 8.42 Å². The molecule has 1 aromatic carbocycles. The van der Waals surface area contributed by atoms with Crippen LogP contribution in [0.1, 0.15) is 34.7 Å². The van der Waals surface area contributed by atoms with Gasteiger partial charge in [-0.05, 0) is 69.4 Å². The van der Waals surface area contributed by atoms with E-state index in [1.54, 1.807) is 16.9 Å². The number of nitrogens with one attached hydrogen (secondary N) is 1. The van der Waals surface area contributed by atoms with E-state index in [1.807, 2.05) is 41.5 Å². The van der Waals surface area contributed by atoms with Crippen LogP contribution in [0, 0.1) is 34.6 Å². The van der Waals surface area contributed by atoms with Crippen LogP contribution in [0.15, 0.2) is 17.2 Å². The van der Waals surface area contributed by atoms with E-state index >= 15 is 0 Å². The van der Waals surface area contributed by atoms with Crippen LogP contribution in [0.3, 0.4) is 0 Å². The van der Waals surface area contributed by atoms with Crippen molar-refractivity contribution in [3.8, 4) is 0 Å². The summed E-state index contributed by atoms with van der Waals surface area (Å²) in [6, 6.07) is 1.67. The minimum Gasteiger partial charge on any atom is -0.264 e. The standard InChI is InChI=1S/C16H23N3O2S/c1-7-19-15(8-9-17-19)18-22(20,21)16-13(5)11(3)10(2)12(4)14(16)6/h8-9,18H,7H2,1-6H3. The fourth-order valence-electron chi connectivity index (χ4n) is 2.73. The fraction of sp³-hybridized carbons (Fsp3) is 0.438. The van der Waals surface area contributed by atoms with E-state index in [-0.39, 0.29) is 0 Å². The molecule has 0 aliphatic heterocycles. The Hall–Kier alpha value is -1.82. The number of sulfonamides is 1. The van der Waals surface area contributed by atoms with E-state index in [4.69, 9.17) is 0 Å². The average Bonchev–Trinajstić information content (AvgIpc) is 2.89. The summed E-state index contributed by atoms with van der Waals surface area (Å²) in [4.78, 5) is 0.372. The summed E-state index contributed by atoms with van der Waals surface area (Å²) in [5.41, 5.74) is 4.79. The van der Waals surface area contributed by atoms with Crippen molar-refractivity contribution in [2.45, 2.75) is 53.0 Å². The third kappa shape index (κ3) is 2.63. The molecular formula is C16H23N3O2S. The van der Waals surface area contributed by atoms with Gasteiger partial charge in [0.15, 0.2) is 0 Å². The molecule has 1 heterocycles. The molecule has 22 heavy (non-hydrogen) atoms. The van der Waals surface area contributed by atoms with E-state index < -0.39 is 10.0 Å². The van der Waals surface area contributed by atoms with Crippen LogP contribution < -0.4 is 4.72 Å². The number of benzene rings is 1. The van der Waals surface area contributed by atoms with Gasteiger partial charge < -0.3 is 0 Å². The van der Waals surface area contributed by atoms with Gasteiger partial charge in [0.05, 0.1) is 11.1 Å². The highest BCUT2D eigenvalue weighted by molar-refractivity contribution is 7.92. The Morgan fingerprint density at radius 2 is 1.50 bits per heavy atom. The van der Waals surface area contributed by atoms with Gasteiger partial charge in [0.2, 0.25) is 0 Å². The van der Waals surface area contributed by atoms with Crippen LogP contribution >= 0.6 is 0 Å². The van der Waals surface area contributed by atoms with Crippen molar-refractivity contribution >= 4 is 15.8 Å². The highest BCUT2D eigenvalue weighted by atomic mass is 32.2. The Morgan fingerprint density at radius 3 is 2.00 bits per heavy atom. The third-order valence-corrected chi connectivity index (χ3v) is 6.08. The first-order valence-corrected chi connectivity index (χ1v) is 8.80. The number of rotatable bonds is 4. The zero-order chi connectivity index (χ0) is 16.7. The van der Waals surface area contributed by atoms with E-state index in [9.17, 15) is 8.42 Å². The average molecular weight is 321 g/mol. The zero-order valence-corrected chi connectivity index (χ0v) is 14.8. The van der Waals surface area contributed by atoms with Crippen LogP contribution in [0.5, 0.6) is 0 Å². The molecule has 1 aromatic heterocycles. The summed E-state index contributed by atoms with van der Waals surface area (Å²) in [5.74, 6) is 0.484. The second-order valence-corrected chi connectivity index (χ2v) is 7.21. The maximum Gasteiger partial charge on any atom is 0.263 e. The van der Waals surface area contributed by atoms with Gasteiger partial charge in [-0.2, -0.15) is 5.10 Å². The van der Waals surface area contributed by atoms with Crippen molar-refractivity contribution in [3.05, 3.63) is 40.1 Å². The molecule has 2 aromatic rings. The molecule has 0 amide bonds. The van der Waals surface area contributed by atoms with Crippen LogP contribution in [-0.4, -0.2) is 18.2 Å². The van der Waals surface area contributed by atoms with Gasteiger partial charge in [-0.3, -0.25) is 4.72 Å². The lowest BCUT2D eigenvalue weighted by atomic mass is 9.95. The summed E-state index contributed by atoms with van der Waals surface area (Å²) in [5, 5.41) is 4.10. The van der Waals surface area contributed by atoms with E-state index in [0.717, 1.165) is 27.8 Å². The summed E-state index contributed by atoms with van der Waals surface area (Å²) in [6.45, 7) is 12.2. The second kappa shape index (κ2) is 5.76. The lowest BCUT2D eigenvalue weighted by Gasteiger charge is -2.19. The SMILES string of the molecule is CCn1nccc1NS(=O)(=O)c1c(C)c(C)c(C)c(C)c1C. The Labute approximate surface area is 132 Å². The molecule has 0 fully saturated rings. The Kier molecular flexibility index (Phi) is 4.33. The Bertz CT molecular complexity index is 791. The summed E-state index contributed by atoms with van der Waals surface area (Å²) >= 11 is 0. The predicted octanol–water partition coefficient (Wildman–Crippen LogP) is 3.25. The molecule has 2 rings (SSSR count). The van der Waals surface area contributed by atoms with Crippen molar-refractivity contribution in [2.24, 2.45) is 0 Å². The smallest absolute Gasteiger partial charge is 0.263 e. The van der Waals surface area contributed by atoms with Gasteiger partial charge in [-0.15, -0.1) is 0 Å². The molecule has 0 aliphatic rings. The van der Waals surface area contributed by atoms with Crippen molar-refractivity contribution in [1.29, 1.82) is 0 Å². The first-order valence-electron chi connectivity index (χ1n) is 7.32. The minimum absolute atomic E-state index is 0.372. The monoisotopic (exact) mass is 321 g/mol. The quantitative estimate of drug-likeness (QED) is 0.940. The number of aromatic nitrogens is 2. The largest absolute Gasteiger partial charge is 0.264 e. The van der Waals surface area contributed by atoms with Gasteiger partial charge in [0.1, 0.15) is 5.82 Å². The molecule has 0 saturated carbocycles. The molecule has 0 aliphatic carbocycles. The first kappa shape index (κ1) is 16.5. The molecule has 1 N–H and O–H groups in total. The lowest BCUT2D eigenvalue weighted by molar-refractivity contribution is 0.597. The van der Waals surface area contributed by atoms with Gasteiger partial charge in [0, 0.05) is 12.6 Å². The number of hydrogen-bond acceptors (Lipinski definition) is 3. The molecule has 5 nitrogen and oxygen atoms in total. The van der Waals surface area contributed by atoms with Crippen LogP contribution in [0.25, 0.3) is 0 Å². The van der Waals surface area contributed by atoms with Gasteiger partial charge >= 0.3 is 0 Å². The third-order valence-electron chi connectivity index (χ3n) is 4.45. The molecule has 120 valence electrons. The topological polar surface area (TPSA) is 64.0 Å². The van der Waals surface area contributed by atoms with Crippen LogP contribution in [0.2, 0.25) is 0 Å². The molecule has 6 heteroatoms. The fourth-order valence-corrected chi connectivity index (χ4v) is 4.39. The molecule has 0 radical (unpaired) electrons. The number of aryl methyl sites for hydroxylation is 1. The number of anilines is 1. The zero-order valence-electron chi connectivity index (χ0n) is 14.0. The molecular weight excluding hydrogens is 298 g/mol.